The molecule has 9 heteroatoms. The van der Waals surface area contributed by atoms with Gasteiger partial charge in [0.2, 0.25) is 0 Å². The third-order valence-electron chi connectivity index (χ3n) is 3.83. The van der Waals surface area contributed by atoms with Gasteiger partial charge in [-0.2, -0.15) is 4.68 Å². The Morgan fingerprint density at radius 2 is 2.00 bits per heavy atom. The number of nitro groups is 1. The third-order valence-corrected chi connectivity index (χ3v) is 3.83. The van der Waals surface area contributed by atoms with Crippen LogP contribution in [0.15, 0.2) is 6.07 Å². The summed E-state index contributed by atoms with van der Waals surface area (Å²) in [6.07, 6.45) is 0. The average molecular weight is 295 g/mol. The maximum atomic E-state index is 12.3. The van der Waals surface area contributed by atoms with Crippen molar-refractivity contribution in [1.82, 2.24) is 19.6 Å². The van der Waals surface area contributed by atoms with Gasteiger partial charge in [-0.15, -0.1) is 0 Å². The minimum absolute atomic E-state index is 0.185. The Kier molecular flexibility index (Phi) is 3.84. The van der Waals surface area contributed by atoms with Crippen molar-refractivity contribution in [3.8, 4) is 0 Å². The predicted molar refractivity (Wildman–Crippen MR) is 72.0 cm³/mol. The lowest BCUT2D eigenvalue weighted by Gasteiger charge is -2.31. The van der Waals surface area contributed by atoms with E-state index in [1.165, 1.54) is 10.7 Å². The predicted octanol–water partition coefficient (Wildman–Crippen LogP) is -0.421. The third kappa shape index (κ3) is 2.88. The number of ether oxygens (including phenoxy) is 1. The molecule has 114 valence electrons. The number of carbonyl (C=O) groups excluding carboxylic acids is 1. The number of aromatic nitrogens is 2. The second-order valence-electron chi connectivity index (χ2n) is 5.11. The summed E-state index contributed by atoms with van der Waals surface area (Å²) in [5, 5.41) is 14.6. The van der Waals surface area contributed by atoms with Crippen LogP contribution in [0.3, 0.4) is 0 Å². The first-order chi connectivity index (χ1) is 10.1. The van der Waals surface area contributed by atoms with Gasteiger partial charge in [0.25, 0.3) is 5.91 Å². The maximum absolute atomic E-state index is 12.3. The van der Waals surface area contributed by atoms with E-state index < -0.39 is 4.92 Å². The van der Waals surface area contributed by atoms with Gasteiger partial charge in [-0.1, -0.05) is 0 Å². The zero-order valence-corrected chi connectivity index (χ0v) is 11.6. The van der Waals surface area contributed by atoms with Crippen LogP contribution in [0.5, 0.6) is 0 Å². The minimum atomic E-state index is -0.573. The molecule has 0 bridgehead atoms. The molecule has 2 aliphatic rings. The van der Waals surface area contributed by atoms with Gasteiger partial charge in [0.05, 0.1) is 30.9 Å². The zero-order valence-electron chi connectivity index (χ0n) is 11.6. The van der Waals surface area contributed by atoms with Crippen molar-refractivity contribution in [3.05, 3.63) is 21.9 Å². The molecule has 0 unspecified atom stereocenters. The normalized spacial score (nSPS) is 19.6. The smallest absolute Gasteiger partial charge is 0.379 e. The largest absolute Gasteiger partial charge is 0.390 e. The van der Waals surface area contributed by atoms with E-state index in [0.717, 1.165) is 32.8 Å². The molecule has 21 heavy (non-hydrogen) atoms. The number of fused-ring (bicyclic) bond motifs is 1. The fourth-order valence-electron chi connectivity index (χ4n) is 2.61. The quantitative estimate of drug-likeness (QED) is 0.553. The van der Waals surface area contributed by atoms with E-state index in [9.17, 15) is 14.9 Å². The highest BCUT2D eigenvalue weighted by Crippen LogP contribution is 2.17. The van der Waals surface area contributed by atoms with Crippen molar-refractivity contribution >= 4 is 11.7 Å². The number of carbonyl (C=O) groups is 1. The maximum Gasteiger partial charge on any atom is 0.390 e. The summed E-state index contributed by atoms with van der Waals surface area (Å²) < 4.78 is 6.71. The monoisotopic (exact) mass is 295 g/mol. The van der Waals surface area contributed by atoms with Crippen molar-refractivity contribution in [2.45, 2.75) is 6.54 Å². The molecular weight excluding hydrogens is 278 g/mol. The summed E-state index contributed by atoms with van der Waals surface area (Å²) in [6, 6.07) is 1.25. The van der Waals surface area contributed by atoms with Gasteiger partial charge in [0.15, 0.2) is 5.69 Å². The van der Waals surface area contributed by atoms with Gasteiger partial charge in [-0.25, -0.2) is 0 Å². The Labute approximate surface area is 121 Å². The first-order valence-electron chi connectivity index (χ1n) is 6.97. The molecule has 1 fully saturated rings. The van der Waals surface area contributed by atoms with Crippen LogP contribution < -0.4 is 0 Å². The SMILES string of the molecule is O=C1c2cc([N+](=O)[O-])nn2CCN1CCN1CCOCC1. The van der Waals surface area contributed by atoms with Crippen molar-refractivity contribution in [1.29, 1.82) is 0 Å². The topological polar surface area (TPSA) is 93.7 Å². The summed E-state index contributed by atoms with van der Waals surface area (Å²) in [7, 11) is 0. The Bertz CT molecular complexity index is 552. The van der Waals surface area contributed by atoms with E-state index in [0.29, 0.717) is 25.3 Å². The molecule has 9 nitrogen and oxygen atoms in total. The molecule has 0 aliphatic carbocycles. The molecule has 1 saturated heterocycles. The van der Waals surface area contributed by atoms with Crippen molar-refractivity contribution in [2.75, 3.05) is 45.9 Å². The van der Waals surface area contributed by atoms with Crippen LogP contribution in [0.4, 0.5) is 5.82 Å². The van der Waals surface area contributed by atoms with Crippen LogP contribution in [0, 0.1) is 10.1 Å². The van der Waals surface area contributed by atoms with E-state index in [-0.39, 0.29) is 11.7 Å². The molecule has 1 aromatic rings. The first kappa shape index (κ1) is 14.0. The Balaban J connectivity index is 1.63. The molecule has 1 amide bonds. The standard InChI is InChI=1S/C12H17N5O4/c18-12-10-9-11(17(19)20)13-16(10)4-3-15(12)2-1-14-5-7-21-8-6-14/h9H,1-8H2. The van der Waals surface area contributed by atoms with Crippen LogP contribution in [-0.2, 0) is 11.3 Å². The second kappa shape index (κ2) is 5.78. The highest BCUT2D eigenvalue weighted by molar-refractivity contribution is 5.93. The molecule has 0 radical (unpaired) electrons. The molecule has 0 aromatic carbocycles. The van der Waals surface area contributed by atoms with Gasteiger partial charge in [-0.05, 0) is 4.92 Å². The summed E-state index contributed by atoms with van der Waals surface area (Å²) in [4.78, 5) is 26.5. The molecule has 0 N–H and O–H groups in total. The van der Waals surface area contributed by atoms with Crippen LogP contribution in [0.2, 0.25) is 0 Å². The molecular formula is C12H17N5O4. The molecule has 3 rings (SSSR count). The van der Waals surface area contributed by atoms with E-state index in [2.05, 4.69) is 10.00 Å². The Morgan fingerprint density at radius 3 is 2.71 bits per heavy atom. The van der Waals surface area contributed by atoms with Crippen LogP contribution in [0.25, 0.3) is 0 Å². The number of hydrogen-bond acceptors (Lipinski definition) is 6. The Morgan fingerprint density at radius 1 is 1.24 bits per heavy atom. The van der Waals surface area contributed by atoms with Gasteiger partial charge >= 0.3 is 5.82 Å². The Hall–Kier alpha value is -2.00. The van der Waals surface area contributed by atoms with Crippen molar-refractivity contribution < 1.29 is 14.5 Å². The van der Waals surface area contributed by atoms with Crippen molar-refractivity contribution in [3.63, 3.8) is 0 Å². The van der Waals surface area contributed by atoms with Gasteiger partial charge in [0.1, 0.15) is 0 Å². The summed E-state index contributed by atoms with van der Waals surface area (Å²) in [6.45, 7) is 5.67. The van der Waals surface area contributed by atoms with E-state index >= 15 is 0 Å². The molecule has 1 aromatic heterocycles. The van der Waals surface area contributed by atoms with Crippen LogP contribution in [0.1, 0.15) is 10.5 Å². The summed E-state index contributed by atoms with van der Waals surface area (Å²) in [5.74, 6) is -0.455. The zero-order chi connectivity index (χ0) is 14.8. The summed E-state index contributed by atoms with van der Waals surface area (Å²) >= 11 is 0. The minimum Gasteiger partial charge on any atom is -0.379 e. The molecule has 3 heterocycles. The number of amides is 1. The molecule has 0 saturated carbocycles. The number of hydrogen-bond donors (Lipinski definition) is 0. The van der Waals surface area contributed by atoms with E-state index in [4.69, 9.17) is 4.74 Å². The van der Waals surface area contributed by atoms with Crippen LogP contribution >= 0.6 is 0 Å². The molecule has 2 aliphatic heterocycles. The lowest BCUT2D eigenvalue weighted by atomic mass is 10.2. The lowest BCUT2D eigenvalue weighted by Crippen LogP contribution is -2.46. The molecule has 0 spiro atoms. The lowest BCUT2D eigenvalue weighted by molar-refractivity contribution is -0.389. The van der Waals surface area contributed by atoms with E-state index in [1.54, 1.807) is 4.90 Å². The van der Waals surface area contributed by atoms with Gasteiger partial charge in [-0.3, -0.25) is 9.69 Å². The van der Waals surface area contributed by atoms with Gasteiger partial charge in [0, 0.05) is 32.7 Å². The number of nitrogens with zero attached hydrogens (tertiary/aromatic N) is 5. The highest BCUT2D eigenvalue weighted by atomic mass is 16.6. The van der Waals surface area contributed by atoms with Crippen LogP contribution in [-0.4, -0.2) is 76.3 Å². The summed E-state index contributed by atoms with van der Waals surface area (Å²) in [5.41, 5.74) is 0.301. The fraction of sp³-hybridized carbons (Fsp3) is 0.667. The highest BCUT2D eigenvalue weighted by Gasteiger charge is 2.31. The van der Waals surface area contributed by atoms with E-state index in [1.807, 2.05) is 0 Å². The number of morpholine rings is 1. The molecule has 0 atom stereocenters. The number of rotatable bonds is 4. The van der Waals surface area contributed by atoms with Gasteiger partial charge < -0.3 is 19.8 Å². The fourth-order valence-corrected chi connectivity index (χ4v) is 2.61. The average Bonchev–Trinajstić information content (AvgIpc) is 2.93. The second-order valence-corrected chi connectivity index (χ2v) is 5.11. The van der Waals surface area contributed by atoms with Crippen molar-refractivity contribution in [2.24, 2.45) is 0 Å². The first-order valence-corrected chi connectivity index (χ1v) is 6.97.